The summed E-state index contributed by atoms with van der Waals surface area (Å²) < 4.78 is 5.12. The van der Waals surface area contributed by atoms with E-state index < -0.39 is 6.10 Å². The number of ether oxygens (including phenoxy) is 1. The molecule has 0 aromatic heterocycles. The third-order valence-corrected chi connectivity index (χ3v) is 2.10. The molecule has 0 saturated carbocycles. The summed E-state index contributed by atoms with van der Waals surface area (Å²) in [7, 11) is 1.64. The lowest BCUT2D eigenvalue weighted by atomic mass is 10.1. The average molecular weight is 206 g/mol. The summed E-state index contributed by atoms with van der Waals surface area (Å²) in [5.74, 6) is 0.830. The monoisotopic (exact) mass is 206 g/mol. The van der Waals surface area contributed by atoms with Crippen LogP contribution in [0.15, 0.2) is 35.9 Å². The fourth-order valence-electron chi connectivity index (χ4n) is 1.48. The van der Waals surface area contributed by atoms with Crippen molar-refractivity contribution in [3.63, 3.8) is 0 Å². The smallest absolute Gasteiger partial charge is 0.119 e. The lowest BCUT2D eigenvalue weighted by Gasteiger charge is -2.08. The van der Waals surface area contributed by atoms with Crippen molar-refractivity contribution < 1.29 is 9.84 Å². The number of methoxy groups -OCH3 is 1. The topological polar surface area (TPSA) is 29.5 Å². The van der Waals surface area contributed by atoms with E-state index in [1.807, 2.05) is 44.2 Å². The predicted octanol–water partition coefficient (Wildman–Crippen LogP) is 2.56. The van der Waals surface area contributed by atoms with Crippen LogP contribution >= 0.6 is 0 Å². The summed E-state index contributed by atoms with van der Waals surface area (Å²) >= 11 is 0. The minimum absolute atomic E-state index is 0.415. The second-order valence-corrected chi connectivity index (χ2v) is 3.87. The highest BCUT2D eigenvalue weighted by molar-refractivity contribution is 5.29. The van der Waals surface area contributed by atoms with Crippen LogP contribution in [0.1, 0.15) is 19.4 Å². The number of hydrogen-bond acceptors (Lipinski definition) is 2. The molecule has 0 aliphatic heterocycles. The van der Waals surface area contributed by atoms with Gasteiger partial charge >= 0.3 is 0 Å². The molecule has 15 heavy (non-hydrogen) atoms. The minimum atomic E-state index is -0.415. The van der Waals surface area contributed by atoms with Crippen LogP contribution < -0.4 is 4.74 Å². The average Bonchev–Trinajstić information content (AvgIpc) is 2.16. The summed E-state index contributed by atoms with van der Waals surface area (Å²) in [4.78, 5) is 0. The van der Waals surface area contributed by atoms with E-state index in [9.17, 15) is 5.11 Å². The first-order chi connectivity index (χ1) is 7.11. The van der Waals surface area contributed by atoms with E-state index in [1.165, 1.54) is 0 Å². The van der Waals surface area contributed by atoms with Crippen LogP contribution in [0.25, 0.3) is 0 Å². The van der Waals surface area contributed by atoms with Crippen LogP contribution in [0, 0.1) is 0 Å². The molecule has 2 heteroatoms. The highest BCUT2D eigenvalue weighted by Gasteiger charge is 2.02. The summed E-state index contributed by atoms with van der Waals surface area (Å²) in [5, 5.41) is 9.72. The number of aliphatic hydroxyl groups is 1. The predicted molar refractivity (Wildman–Crippen MR) is 62.1 cm³/mol. The Hall–Kier alpha value is -1.28. The molecule has 1 N–H and O–H groups in total. The fraction of sp³-hybridized carbons (Fsp3) is 0.385. The molecule has 0 aliphatic rings. The molecule has 1 aromatic rings. The Balaban J connectivity index is 2.68. The molecule has 2 nitrogen and oxygen atoms in total. The molecular weight excluding hydrogens is 188 g/mol. The van der Waals surface area contributed by atoms with Gasteiger partial charge in [-0.3, -0.25) is 0 Å². The standard InChI is InChI=1S/C13H18O2/c1-10(2)7-12(14)8-11-5-4-6-13(9-11)15-3/h4-7,9,12,14H,8H2,1-3H3. The normalized spacial score (nSPS) is 12.0. The Morgan fingerprint density at radius 1 is 1.47 bits per heavy atom. The molecule has 0 saturated heterocycles. The molecule has 1 unspecified atom stereocenters. The molecule has 0 spiro atoms. The highest BCUT2D eigenvalue weighted by Crippen LogP contribution is 2.14. The van der Waals surface area contributed by atoms with E-state index in [0.717, 1.165) is 16.9 Å². The summed E-state index contributed by atoms with van der Waals surface area (Å²) in [5.41, 5.74) is 2.21. The van der Waals surface area contributed by atoms with Crippen LogP contribution in [0.3, 0.4) is 0 Å². The fourth-order valence-corrected chi connectivity index (χ4v) is 1.48. The molecule has 82 valence electrons. The van der Waals surface area contributed by atoms with Crippen molar-refractivity contribution in [2.75, 3.05) is 7.11 Å². The number of allylic oxidation sites excluding steroid dienone is 1. The number of hydrogen-bond donors (Lipinski definition) is 1. The Bertz CT molecular complexity index is 338. The maximum Gasteiger partial charge on any atom is 0.119 e. The van der Waals surface area contributed by atoms with E-state index >= 15 is 0 Å². The van der Waals surface area contributed by atoms with Crippen LogP contribution in [0.2, 0.25) is 0 Å². The molecule has 0 bridgehead atoms. The van der Waals surface area contributed by atoms with Gasteiger partial charge in [-0.05, 0) is 31.5 Å². The van der Waals surface area contributed by atoms with Gasteiger partial charge in [0.1, 0.15) is 5.75 Å². The molecule has 1 rings (SSSR count). The molecule has 0 aliphatic carbocycles. The van der Waals surface area contributed by atoms with Crippen molar-refractivity contribution in [1.29, 1.82) is 0 Å². The van der Waals surface area contributed by atoms with Gasteiger partial charge in [-0.1, -0.05) is 23.8 Å². The van der Waals surface area contributed by atoms with Gasteiger partial charge in [0, 0.05) is 6.42 Å². The Labute approximate surface area is 91.2 Å². The van der Waals surface area contributed by atoms with Gasteiger partial charge in [-0.25, -0.2) is 0 Å². The summed E-state index contributed by atoms with van der Waals surface area (Å²) in [6.45, 7) is 3.96. The van der Waals surface area contributed by atoms with E-state index in [-0.39, 0.29) is 0 Å². The van der Waals surface area contributed by atoms with Gasteiger partial charge in [0.2, 0.25) is 0 Å². The quantitative estimate of drug-likeness (QED) is 0.767. The van der Waals surface area contributed by atoms with Crippen LogP contribution in [0.5, 0.6) is 5.75 Å². The third kappa shape index (κ3) is 4.17. The molecule has 0 amide bonds. The first-order valence-corrected chi connectivity index (χ1v) is 5.08. The van der Waals surface area contributed by atoms with Crippen molar-refractivity contribution >= 4 is 0 Å². The van der Waals surface area contributed by atoms with Gasteiger partial charge < -0.3 is 9.84 Å². The molecule has 0 radical (unpaired) electrons. The van der Waals surface area contributed by atoms with Gasteiger partial charge in [-0.2, -0.15) is 0 Å². The third-order valence-electron chi connectivity index (χ3n) is 2.10. The van der Waals surface area contributed by atoms with E-state index in [1.54, 1.807) is 7.11 Å². The van der Waals surface area contributed by atoms with E-state index in [0.29, 0.717) is 6.42 Å². The number of aliphatic hydroxyl groups excluding tert-OH is 1. The van der Waals surface area contributed by atoms with Crippen molar-refractivity contribution in [2.45, 2.75) is 26.4 Å². The maximum absolute atomic E-state index is 9.72. The first kappa shape index (κ1) is 11.8. The molecule has 1 aromatic carbocycles. The summed E-state index contributed by atoms with van der Waals surface area (Å²) in [6.07, 6.45) is 2.07. The lowest BCUT2D eigenvalue weighted by molar-refractivity contribution is 0.223. The molecular formula is C13H18O2. The second kappa shape index (κ2) is 5.56. The highest BCUT2D eigenvalue weighted by atomic mass is 16.5. The van der Waals surface area contributed by atoms with Crippen LogP contribution in [0.4, 0.5) is 0 Å². The largest absolute Gasteiger partial charge is 0.497 e. The van der Waals surface area contributed by atoms with Gasteiger partial charge in [-0.15, -0.1) is 0 Å². The second-order valence-electron chi connectivity index (χ2n) is 3.87. The van der Waals surface area contributed by atoms with Gasteiger partial charge in [0.15, 0.2) is 0 Å². The van der Waals surface area contributed by atoms with Crippen molar-refractivity contribution in [3.05, 3.63) is 41.5 Å². The molecule has 0 heterocycles. The maximum atomic E-state index is 9.72. The SMILES string of the molecule is COc1cccc(CC(O)C=C(C)C)c1. The zero-order valence-corrected chi connectivity index (χ0v) is 9.53. The first-order valence-electron chi connectivity index (χ1n) is 5.08. The van der Waals surface area contributed by atoms with Gasteiger partial charge in [0.25, 0.3) is 0 Å². The molecule has 1 atom stereocenters. The Kier molecular flexibility index (Phi) is 4.37. The molecule has 0 fully saturated rings. The van der Waals surface area contributed by atoms with Gasteiger partial charge in [0.05, 0.1) is 13.2 Å². The zero-order valence-electron chi connectivity index (χ0n) is 9.53. The number of benzene rings is 1. The minimum Gasteiger partial charge on any atom is -0.497 e. The van der Waals surface area contributed by atoms with E-state index in [2.05, 4.69) is 0 Å². The Morgan fingerprint density at radius 3 is 2.80 bits per heavy atom. The van der Waals surface area contributed by atoms with E-state index in [4.69, 9.17) is 4.74 Å². The van der Waals surface area contributed by atoms with Crippen LogP contribution in [-0.2, 0) is 6.42 Å². The lowest BCUT2D eigenvalue weighted by Crippen LogP contribution is -2.07. The van der Waals surface area contributed by atoms with Crippen molar-refractivity contribution in [1.82, 2.24) is 0 Å². The zero-order chi connectivity index (χ0) is 11.3. The Morgan fingerprint density at radius 2 is 2.20 bits per heavy atom. The number of rotatable bonds is 4. The van der Waals surface area contributed by atoms with Crippen LogP contribution in [-0.4, -0.2) is 18.3 Å². The van der Waals surface area contributed by atoms with Crippen molar-refractivity contribution in [3.8, 4) is 5.75 Å². The summed E-state index contributed by atoms with van der Waals surface area (Å²) in [6, 6.07) is 7.77. The van der Waals surface area contributed by atoms with Crippen molar-refractivity contribution in [2.24, 2.45) is 0 Å².